The molecule has 1 atom stereocenters. The monoisotopic (exact) mass is 415 g/mol. The van der Waals surface area contributed by atoms with Gasteiger partial charge in [-0.25, -0.2) is 28.1 Å². The van der Waals surface area contributed by atoms with Crippen molar-refractivity contribution in [3.05, 3.63) is 60.7 Å². The highest BCUT2D eigenvalue weighted by Gasteiger charge is 2.26. The molecule has 0 aliphatic carbocycles. The molecule has 0 saturated carbocycles. The van der Waals surface area contributed by atoms with Crippen LogP contribution in [0.2, 0.25) is 0 Å². The fraction of sp³-hybridized carbons (Fsp3) is 0.200. The van der Waals surface area contributed by atoms with Crippen LogP contribution in [0.25, 0.3) is 11.0 Å². The smallest absolute Gasteiger partial charge is 0.246 e. The third-order valence-electron chi connectivity index (χ3n) is 4.66. The van der Waals surface area contributed by atoms with Gasteiger partial charge in [0.1, 0.15) is 17.9 Å². The number of anilines is 2. The lowest BCUT2D eigenvalue weighted by atomic mass is 10.2. The molecule has 1 fully saturated rings. The van der Waals surface area contributed by atoms with Crippen molar-refractivity contribution in [1.82, 2.24) is 19.9 Å². The lowest BCUT2D eigenvalue weighted by molar-refractivity contribution is -0.125. The van der Waals surface area contributed by atoms with E-state index in [0.29, 0.717) is 25.0 Å². The molecule has 0 bridgehead atoms. The number of nitrogens with one attached hydrogen (secondary N) is 1. The molecule has 0 unspecified atom stereocenters. The van der Waals surface area contributed by atoms with Gasteiger partial charge in [-0.2, -0.15) is 0 Å². The van der Waals surface area contributed by atoms with Crippen molar-refractivity contribution < 1.29 is 22.7 Å². The van der Waals surface area contributed by atoms with Crippen molar-refractivity contribution in [3.63, 3.8) is 0 Å². The van der Waals surface area contributed by atoms with Crippen LogP contribution in [0.4, 0.5) is 24.7 Å². The number of aromatic nitrogens is 3. The number of likely N-dealkylation sites (tertiary alicyclic amines) is 1. The van der Waals surface area contributed by atoms with E-state index in [2.05, 4.69) is 26.8 Å². The SMILES string of the molecule is C=CC(=O)N1CC[C@H](Oc2ccc3ncnc(Nc4ccc(F)c(F)c4F)c3n2)C1. The zero-order valence-electron chi connectivity index (χ0n) is 15.6. The van der Waals surface area contributed by atoms with Gasteiger partial charge < -0.3 is 15.0 Å². The third-order valence-corrected chi connectivity index (χ3v) is 4.66. The Hall–Kier alpha value is -3.69. The molecule has 1 aliphatic rings. The van der Waals surface area contributed by atoms with E-state index >= 15 is 0 Å². The van der Waals surface area contributed by atoms with Crippen LogP contribution in [-0.2, 0) is 4.79 Å². The highest BCUT2D eigenvalue weighted by Crippen LogP contribution is 2.27. The topological polar surface area (TPSA) is 80.2 Å². The van der Waals surface area contributed by atoms with Gasteiger partial charge in [0.25, 0.3) is 0 Å². The van der Waals surface area contributed by atoms with Gasteiger partial charge in [-0.05, 0) is 24.3 Å². The van der Waals surface area contributed by atoms with Crippen LogP contribution in [0.5, 0.6) is 5.88 Å². The summed E-state index contributed by atoms with van der Waals surface area (Å²) < 4.78 is 46.6. The second-order valence-electron chi connectivity index (χ2n) is 6.60. The number of halogens is 3. The molecule has 30 heavy (non-hydrogen) atoms. The van der Waals surface area contributed by atoms with E-state index < -0.39 is 17.5 Å². The summed E-state index contributed by atoms with van der Waals surface area (Å²) in [5.74, 6) is -4.04. The Kier molecular flexibility index (Phi) is 5.21. The van der Waals surface area contributed by atoms with E-state index in [9.17, 15) is 18.0 Å². The standard InChI is InChI=1S/C20H16F3N5O2/c1-2-16(29)28-8-7-11(9-28)30-15-6-5-14-19(27-15)20(25-10-24-14)26-13-4-3-12(21)17(22)18(13)23/h2-6,10-11H,1,7-9H2,(H,24,25,26)/t11-/m0/s1. The second-order valence-corrected chi connectivity index (χ2v) is 6.60. The summed E-state index contributed by atoms with van der Waals surface area (Å²) in [5.41, 5.74) is 0.408. The fourth-order valence-electron chi connectivity index (χ4n) is 3.15. The van der Waals surface area contributed by atoms with Crippen LogP contribution in [-0.4, -0.2) is 45.0 Å². The van der Waals surface area contributed by atoms with E-state index in [-0.39, 0.29) is 34.9 Å². The molecule has 1 aromatic carbocycles. The molecule has 1 amide bonds. The number of amides is 1. The minimum atomic E-state index is -1.59. The van der Waals surface area contributed by atoms with E-state index in [1.165, 1.54) is 12.4 Å². The maximum Gasteiger partial charge on any atom is 0.246 e. The number of rotatable bonds is 5. The molecular weight excluding hydrogens is 399 g/mol. The Morgan fingerprint density at radius 1 is 1.20 bits per heavy atom. The molecule has 1 aliphatic heterocycles. The number of hydrogen-bond donors (Lipinski definition) is 1. The first kappa shape index (κ1) is 19.6. The molecule has 4 rings (SSSR count). The normalized spacial score (nSPS) is 16.0. The number of benzene rings is 1. The van der Waals surface area contributed by atoms with Crippen LogP contribution in [0.3, 0.4) is 0 Å². The van der Waals surface area contributed by atoms with Gasteiger partial charge in [-0.15, -0.1) is 0 Å². The predicted molar refractivity (Wildman–Crippen MR) is 103 cm³/mol. The summed E-state index contributed by atoms with van der Waals surface area (Å²) >= 11 is 0. The van der Waals surface area contributed by atoms with Crippen LogP contribution < -0.4 is 10.1 Å². The second kappa shape index (κ2) is 7.97. The third kappa shape index (κ3) is 3.76. The van der Waals surface area contributed by atoms with Crippen LogP contribution in [0, 0.1) is 17.5 Å². The van der Waals surface area contributed by atoms with Crippen molar-refractivity contribution in [2.75, 3.05) is 18.4 Å². The number of ether oxygens (including phenoxy) is 1. The van der Waals surface area contributed by atoms with Crippen LogP contribution >= 0.6 is 0 Å². The van der Waals surface area contributed by atoms with Gasteiger partial charge in [-0.3, -0.25) is 4.79 Å². The number of pyridine rings is 1. The lowest BCUT2D eigenvalue weighted by Crippen LogP contribution is -2.29. The van der Waals surface area contributed by atoms with E-state index in [0.717, 1.165) is 12.1 Å². The van der Waals surface area contributed by atoms with Gasteiger partial charge in [0, 0.05) is 19.0 Å². The summed E-state index contributed by atoms with van der Waals surface area (Å²) in [6, 6.07) is 5.14. The number of carbonyl (C=O) groups excluding carboxylic acids is 1. The summed E-state index contributed by atoms with van der Waals surface area (Å²) in [5, 5.41) is 2.62. The molecule has 1 N–H and O–H groups in total. The van der Waals surface area contributed by atoms with Gasteiger partial charge in [0.15, 0.2) is 23.3 Å². The molecule has 3 heterocycles. The molecule has 2 aromatic heterocycles. The molecule has 3 aromatic rings. The maximum atomic E-state index is 14.0. The lowest BCUT2D eigenvalue weighted by Gasteiger charge is -2.15. The van der Waals surface area contributed by atoms with Crippen molar-refractivity contribution in [2.45, 2.75) is 12.5 Å². The fourth-order valence-corrected chi connectivity index (χ4v) is 3.15. The molecule has 154 valence electrons. The van der Waals surface area contributed by atoms with E-state index in [4.69, 9.17) is 4.74 Å². The zero-order chi connectivity index (χ0) is 21.3. The minimum absolute atomic E-state index is 0.102. The maximum absolute atomic E-state index is 14.0. The number of hydrogen-bond acceptors (Lipinski definition) is 6. The van der Waals surface area contributed by atoms with Crippen molar-refractivity contribution in [2.24, 2.45) is 0 Å². The predicted octanol–water partition coefficient (Wildman–Crippen LogP) is 3.35. The Morgan fingerprint density at radius 3 is 2.83 bits per heavy atom. The zero-order valence-corrected chi connectivity index (χ0v) is 15.6. The largest absolute Gasteiger partial charge is 0.472 e. The number of carbonyl (C=O) groups is 1. The first-order chi connectivity index (χ1) is 14.5. The first-order valence-electron chi connectivity index (χ1n) is 9.06. The highest BCUT2D eigenvalue weighted by molar-refractivity contribution is 5.88. The van der Waals surface area contributed by atoms with Gasteiger partial charge in [0.05, 0.1) is 17.7 Å². The van der Waals surface area contributed by atoms with Gasteiger partial charge in [-0.1, -0.05) is 6.58 Å². The minimum Gasteiger partial charge on any atom is -0.472 e. The Bertz CT molecular complexity index is 1140. The summed E-state index contributed by atoms with van der Waals surface area (Å²) in [4.78, 5) is 25.8. The summed E-state index contributed by atoms with van der Waals surface area (Å²) in [6.45, 7) is 4.43. The Balaban J connectivity index is 1.59. The average molecular weight is 415 g/mol. The van der Waals surface area contributed by atoms with Gasteiger partial charge >= 0.3 is 0 Å². The van der Waals surface area contributed by atoms with Gasteiger partial charge in [0.2, 0.25) is 11.8 Å². The highest BCUT2D eigenvalue weighted by atomic mass is 19.2. The average Bonchev–Trinajstić information content (AvgIpc) is 3.22. The number of fused-ring (bicyclic) bond motifs is 1. The van der Waals surface area contributed by atoms with Crippen molar-refractivity contribution in [3.8, 4) is 5.88 Å². The summed E-state index contributed by atoms with van der Waals surface area (Å²) in [6.07, 6.45) is 2.88. The van der Waals surface area contributed by atoms with Crippen molar-refractivity contribution in [1.29, 1.82) is 0 Å². The summed E-state index contributed by atoms with van der Waals surface area (Å²) in [7, 11) is 0. The van der Waals surface area contributed by atoms with Crippen LogP contribution in [0.15, 0.2) is 43.2 Å². The molecule has 0 radical (unpaired) electrons. The molecule has 1 saturated heterocycles. The Labute approximate surface area is 169 Å². The van der Waals surface area contributed by atoms with Crippen LogP contribution in [0.1, 0.15) is 6.42 Å². The van der Waals surface area contributed by atoms with E-state index in [1.807, 2.05) is 0 Å². The van der Waals surface area contributed by atoms with Crippen molar-refractivity contribution >= 4 is 28.4 Å². The quantitative estimate of drug-likeness (QED) is 0.509. The Morgan fingerprint density at radius 2 is 2.03 bits per heavy atom. The first-order valence-corrected chi connectivity index (χ1v) is 9.06. The molecular formula is C20H16F3N5O2. The molecule has 0 spiro atoms. The number of nitrogens with zero attached hydrogens (tertiary/aromatic N) is 4. The molecule has 7 nitrogen and oxygen atoms in total. The molecule has 10 heteroatoms. The van der Waals surface area contributed by atoms with E-state index in [1.54, 1.807) is 17.0 Å².